The molecule has 0 aliphatic heterocycles. The Morgan fingerprint density at radius 1 is 0.737 bits per heavy atom. The first-order valence-electron chi connectivity index (χ1n) is 6.47. The number of nitrogens with zero attached hydrogens (tertiary/aromatic N) is 1. The van der Waals surface area contributed by atoms with Gasteiger partial charge in [-0.25, -0.2) is 0 Å². The maximum absolute atomic E-state index is 4.16. The predicted molar refractivity (Wildman–Crippen MR) is 83.7 cm³/mol. The van der Waals surface area contributed by atoms with E-state index < -0.39 is 0 Å². The third-order valence-corrected chi connectivity index (χ3v) is 3.83. The summed E-state index contributed by atoms with van der Waals surface area (Å²) in [5.41, 5.74) is 1.19. The zero-order valence-corrected chi connectivity index (χ0v) is 10.7. The molecule has 19 heavy (non-hydrogen) atoms. The van der Waals surface area contributed by atoms with Crippen LogP contribution in [0, 0.1) is 0 Å². The second-order valence-electron chi connectivity index (χ2n) is 4.90. The van der Waals surface area contributed by atoms with Gasteiger partial charge in [0.25, 0.3) is 0 Å². The van der Waals surface area contributed by atoms with Gasteiger partial charge in [-0.05, 0) is 32.3 Å². The summed E-state index contributed by atoms with van der Waals surface area (Å²) >= 11 is 0. The van der Waals surface area contributed by atoms with Gasteiger partial charge < -0.3 is 0 Å². The van der Waals surface area contributed by atoms with Crippen LogP contribution in [0.1, 0.15) is 5.56 Å². The number of hydrogen-bond acceptors (Lipinski definition) is 1. The normalized spacial score (nSPS) is 12.3. The fourth-order valence-corrected chi connectivity index (χ4v) is 3.01. The van der Waals surface area contributed by atoms with E-state index in [1.54, 1.807) is 0 Å². The maximum Gasteiger partial charge on any atom is 0.0287 e. The van der Waals surface area contributed by atoms with Gasteiger partial charge in [-0.1, -0.05) is 54.6 Å². The zero-order chi connectivity index (χ0) is 12.8. The maximum atomic E-state index is 4.16. The first-order chi connectivity index (χ1) is 9.38. The Morgan fingerprint density at radius 2 is 1.37 bits per heavy atom. The Hall–Kier alpha value is -2.41. The molecule has 0 aromatic heterocycles. The highest BCUT2D eigenvalue weighted by atomic mass is 14.6. The fraction of sp³-hybridized carbons (Fsp3) is 0.0556. The number of aliphatic imine (C=N–C) groups is 1. The van der Waals surface area contributed by atoms with E-state index in [4.69, 9.17) is 0 Å². The Balaban J connectivity index is 2.34. The van der Waals surface area contributed by atoms with Crippen LogP contribution in [0.3, 0.4) is 0 Å². The van der Waals surface area contributed by atoms with Crippen molar-refractivity contribution in [1.82, 2.24) is 0 Å². The molecule has 0 aliphatic carbocycles. The molecule has 0 aliphatic rings. The Morgan fingerprint density at radius 3 is 2.11 bits per heavy atom. The van der Waals surface area contributed by atoms with Crippen LogP contribution in [0.2, 0.25) is 0 Å². The molecule has 1 heteroatoms. The molecule has 0 radical (unpaired) electrons. The average Bonchev–Trinajstić information content (AvgIpc) is 2.46. The summed E-state index contributed by atoms with van der Waals surface area (Å²) in [5, 5.41) is 7.92. The molecule has 4 aromatic rings. The summed E-state index contributed by atoms with van der Waals surface area (Å²) in [6.45, 7) is 0. The topological polar surface area (TPSA) is 12.4 Å². The third-order valence-electron chi connectivity index (χ3n) is 3.83. The van der Waals surface area contributed by atoms with Gasteiger partial charge in [0.1, 0.15) is 0 Å². The van der Waals surface area contributed by atoms with Crippen LogP contribution in [-0.2, 0) is 0 Å². The predicted octanol–water partition coefficient (Wildman–Crippen LogP) is 4.63. The van der Waals surface area contributed by atoms with Gasteiger partial charge in [0.2, 0.25) is 0 Å². The van der Waals surface area contributed by atoms with Crippen LogP contribution >= 0.6 is 0 Å². The van der Waals surface area contributed by atoms with E-state index >= 15 is 0 Å². The molecule has 0 N–H and O–H groups in total. The molecule has 4 rings (SSSR count). The summed E-state index contributed by atoms with van der Waals surface area (Å²) in [6, 6.07) is 19.6. The van der Waals surface area contributed by atoms with E-state index in [0.29, 0.717) is 0 Å². The summed E-state index contributed by atoms with van der Waals surface area (Å²) in [4.78, 5) is 4.16. The lowest BCUT2D eigenvalue weighted by Crippen LogP contribution is -1.88. The number of hydrogen-bond donors (Lipinski definition) is 0. The Kier molecular flexibility index (Phi) is 2.10. The summed E-state index contributed by atoms with van der Waals surface area (Å²) in [5.74, 6) is 0. The van der Waals surface area contributed by atoms with E-state index in [0.717, 1.165) is 0 Å². The van der Waals surface area contributed by atoms with Crippen molar-refractivity contribution in [3.05, 3.63) is 60.2 Å². The molecule has 0 saturated heterocycles. The van der Waals surface area contributed by atoms with Crippen LogP contribution in [0.15, 0.2) is 59.6 Å². The van der Waals surface area contributed by atoms with Gasteiger partial charge in [0.15, 0.2) is 0 Å². The molecular formula is C18H13N. The quantitative estimate of drug-likeness (QED) is 0.341. The van der Waals surface area contributed by atoms with Crippen molar-refractivity contribution in [3.8, 4) is 0 Å². The van der Waals surface area contributed by atoms with Gasteiger partial charge in [-0.2, -0.15) is 0 Å². The summed E-state index contributed by atoms with van der Waals surface area (Å²) in [6.07, 6.45) is 1.94. The lowest BCUT2D eigenvalue weighted by molar-refractivity contribution is 1.47. The van der Waals surface area contributed by atoms with Crippen LogP contribution in [0.5, 0.6) is 0 Å². The molecular weight excluding hydrogens is 230 g/mol. The van der Waals surface area contributed by atoms with Crippen molar-refractivity contribution in [3.63, 3.8) is 0 Å². The van der Waals surface area contributed by atoms with Crippen molar-refractivity contribution in [2.75, 3.05) is 7.05 Å². The number of benzene rings is 4. The van der Waals surface area contributed by atoms with E-state index in [1.165, 1.54) is 37.9 Å². The molecule has 0 atom stereocenters. The second-order valence-corrected chi connectivity index (χ2v) is 4.90. The van der Waals surface area contributed by atoms with Crippen molar-refractivity contribution in [2.24, 2.45) is 4.99 Å². The van der Waals surface area contributed by atoms with Crippen LogP contribution in [0.25, 0.3) is 32.3 Å². The first-order valence-corrected chi connectivity index (χ1v) is 6.47. The van der Waals surface area contributed by atoms with Gasteiger partial charge >= 0.3 is 0 Å². The van der Waals surface area contributed by atoms with Crippen molar-refractivity contribution >= 4 is 38.5 Å². The monoisotopic (exact) mass is 243 g/mol. The fourth-order valence-electron chi connectivity index (χ4n) is 3.01. The molecule has 1 nitrogen and oxygen atoms in total. The minimum Gasteiger partial charge on any atom is -0.296 e. The Labute approximate surface area is 111 Å². The summed E-state index contributed by atoms with van der Waals surface area (Å²) in [7, 11) is 1.82. The van der Waals surface area contributed by atoms with Gasteiger partial charge in [-0.15, -0.1) is 0 Å². The van der Waals surface area contributed by atoms with Crippen molar-refractivity contribution in [2.45, 2.75) is 0 Å². The molecule has 0 spiro atoms. The number of rotatable bonds is 1. The molecule has 4 aromatic carbocycles. The smallest absolute Gasteiger partial charge is 0.0287 e. The molecule has 0 heterocycles. The van der Waals surface area contributed by atoms with Gasteiger partial charge in [0.05, 0.1) is 0 Å². The van der Waals surface area contributed by atoms with Crippen LogP contribution < -0.4 is 0 Å². The molecule has 0 amide bonds. The Bertz CT molecular complexity index is 903. The largest absolute Gasteiger partial charge is 0.296 e. The minimum absolute atomic E-state index is 1.19. The van der Waals surface area contributed by atoms with Crippen LogP contribution in [0.4, 0.5) is 0 Å². The van der Waals surface area contributed by atoms with Crippen LogP contribution in [-0.4, -0.2) is 13.3 Å². The van der Waals surface area contributed by atoms with E-state index in [-0.39, 0.29) is 0 Å². The molecule has 0 bridgehead atoms. The van der Waals surface area contributed by atoms with E-state index in [9.17, 15) is 0 Å². The standard InChI is InChI=1S/C18H13N/c1-19-11-15-8-7-14-6-5-12-3-2-4-13-9-10-16(15)18(14)17(12)13/h2-11H,1H3. The highest BCUT2D eigenvalue weighted by Gasteiger charge is 2.09. The second kappa shape index (κ2) is 3.79. The molecule has 0 saturated carbocycles. The van der Waals surface area contributed by atoms with E-state index in [2.05, 4.69) is 59.6 Å². The third kappa shape index (κ3) is 1.39. The first kappa shape index (κ1) is 10.5. The summed E-state index contributed by atoms with van der Waals surface area (Å²) < 4.78 is 0. The molecule has 90 valence electrons. The van der Waals surface area contributed by atoms with Gasteiger partial charge in [-0.3, -0.25) is 4.99 Å². The highest BCUT2D eigenvalue weighted by Crippen LogP contribution is 2.35. The van der Waals surface area contributed by atoms with E-state index in [1.807, 2.05) is 13.3 Å². The lowest BCUT2D eigenvalue weighted by Gasteiger charge is -2.11. The average molecular weight is 243 g/mol. The molecule has 0 unspecified atom stereocenters. The zero-order valence-electron chi connectivity index (χ0n) is 10.7. The van der Waals surface area contributed by atoms with Crippen molar-refractivity contribution in [1.29, 1.82) is 0 Å². The molecule has 0 fully saturated rings. The SMILES string of the molecule is CN=Cc1ccc2ccc3cccc4ccc1c2c34. The van der Waals surface area contributed by atoms with Crippen molar-refractivity contribution < 1.29 is 0 Å². The highest BCUT2D eigenvalue weighted by molar-refractivity contribution is 6.25. The minimum atomic E-state index is 1.19. The lowest BCUT2D eigenvalue weighted by atomic mass is 9.92. The van der Waals surface area contributed by atoms with Gasteiger partial charge in [0, 0.05) is 18.8 Å².